The molecule has 1 aliphatic heterocycles. The van der Waals surface area contributed by atoms with Gasteiger partial charge in [0.2, 0.25) is 0 Å². The van der Waals surface area contributed by atoms with Gasteiger partial charge in [0.25, 0.3) is 5.56 Å². The molecule has 3 aromatic rings. The number of aromatic nitrogens is 2. The summed E-state index contributed by atoms with van der Waals surface area (Å²) in [6.45, 7) is 1.24. The Labute approximate surface area is 166 Å². The zero-order valence-electron chi connectivity index (χ0n) is 15.1. The Bertz CT molecular complexity index is 1080. The number of rotatable bonds is 4. The van der Waals surface area contributed by atoms with E-state index in [1.54, 1.807) is 0 Å². The monoisotopic (exact) mass is 391 g/mol. The van der Waals surface area contributed by atoms with E-state index >= 15 is 0 Å². The van der Waals surface area contributed by atoms with Crippen molar-refractivity contribution in [3.63, 3.8) is 0 Å². The summed E-state index contributed by atoms with van der Waals surface area (Å²) < 4.78 is 11.0. The van der Waals surface area contributed by atoms with Gasteiger partial charge in [0.15, 0.2) is 11.4 Å². The number of aromatic amines is 1. The first-order valence-corrected chi connectivity index (χ1v) is 9.94. The van der Waals surface area contributed by atoms with Crippen LogP contribution in [-0.2, 0) is 9.47 Å². The van der Waals surface area contributed by atoms with Crippen molar-refractivity contribution in [1.82, 2.24) is 9.97 Å². The lowest BCUT2D eigenvalue weighted by Crippen LogP contribution is -2.14. The SMILES string of the molecule is CSc1nc(-c2ccc(-c3ccc(C4OCCO4)cc3)cc2)c(C#N)c(=O)[nH]1. The normalized spacial score (nSPS) is 14.1. The number of H-pyrrole nitrogens is 1. The molecule has 0 unspecified atom stereocenters. The van der Waals surface area contributed by atoms with Gasteiger partial charge < -0.3 is 14.5 Å². The van der Waals surface area contributed by atoms with Gasteiger partial charge in [-0.1, -0.05) is 60.3 Å². The minimum Gasteiger partial charge on any atom is -0.346 e. The maximum absolute atomic E-state index is 12.1. The summed E-state index contributed by atoms with van der Waals surface area (Å²) in [6, 6.07) is 17.6. The van der Waals surface area contributed by atoms with Crippen LogP contribution in [0.4, 0.5) is 0 Å². The molecule has 6 nitrogen and oxygen atoms in total. The summed E-state index contributed by atoms with van der Waals surface area (Å²) in [5.41, 5.74) is 3.79. The van der Waals surface area contributed by atoms with Crippen LogP contribution < -0.4 is 5.56 Å². The number of nitrogens with one attached hydrogen (secondary N) is 1. The number of benzene rings is 2. The number of hydrogen-bond acceptors (Lipinski definition) is 6. The van der Waals surface area contributed by atoms with E-state index in [9.17, 15) is 10.1 Å². The fourth-order valence-electron chi connectivity index (χ4n) is 3.07. The predicted molar refractivity (Wildman–Crippen MR) is 107 cm³/mol. The molecule has 2 heterocycles. The van der Waals surface area contributed by atoms with Gasteiger partial charge in [0.05, 0.1) is 18.9 Å². The lowest BCUT2D eigenvalue weighted by molar-refractivity contribution is -0.0441. The van der Waals surface area contributed by atoms with Crippen LogP contribution in [0.25, 0.3) is 22.4 Å². The Morgan fingerprint density at radius 3 is 2.18 bits per heavy atom. The van der Waals surface area contributed by atoms with Gasteiger partial charge in [-0.05, 0) is 17.4 Å². The molecule has 0 amide bonds. The lowest BCUT2D eigenvalue weighted by Gasteiger charge is -2.10. The van der Waals surface area contributed by atoms with Gasteiger partial charge in [0, 0.05) is 11.1 Å². The third-order valence-corrected chi connectivity index (χ3v) is 5.08. The first-order valence-electron chi connectivity index (χ1n) is 8.72. The standard InChI is InChI=1S/C21H17N3O3S/c1-28-21-23-18(17(12-22)19(25)24-21)15-6-2-13(3-7-15)14-4-8-16(9-5-14)20-26-10-11-27-20/h2-9,20H,10-11H2,1H3,(H,23,24,25). The molecule has 0 saturated carbocycles. The van der Waals surface area contributed by atoms with Crippen molar-refractivity contribution in [3.8, 4) is 28.5 Å². The van der Waals surface area contributed by atoms with Crippen molar-refractivity contribution in [2.24, 2.45) is 0 Å². The predicted octanol–water partition coefficient (Wildman–Crippen LogP) is 3.74. The van der Waals surface area contributed by atoms with Crippen LogP contribution in [0, 0.1) is 11.3 Å². The van der Waals surface area contributed by atoms with Crippen LogP contribution in [0.1, 0.15) is 17.4 Å². The molecule has 2 aromatic carbocycles. The zero-order valence-corrected chi connectivity index (χ0v) is 16.0. The molecule has 4 rings (SSSR count). The minimum atomic E-state index is -0.423. The molecule has 7 heteroatoms. The van der Waals surface area contributed by atoms with E-state index in [0.29, 0.717) is 24.1 Å². The topological polar surface area (TPSA) is 88.0 Å². The molecule has 28 heavy (non-hydrogen) atoms. The molecule has 1 aromatic heterocycles. The Balaban J connectivity index is 1.64. The van der Waals surface area contributed by atoms with Crippen molar-refractivity contribution >= 4 is 11.8 Å². The first-order chi connectivity index (χ1) is 13.7. The fraction of sp³-hybridized carbons (Fsp3) is 0.190. The molecule has 0 aliphatic carbocycles. The maximum atomic E-state index is 12.1. The number of hydrogen-bond donors (Lipinski definition) is 1. The first kappa shape index (κ1) is 18.4. The van der Waals surface area contributed by atoms with Crippen LogP contribution in [0.2, 0.25) is 0 Å². The Hall–Kier alpha value is -2.92. The highest BCUT2D eigenvalue weighted by atomic mass is 32.2. The molecule has 140 valence electrons. The van der Waals surface area contributed by atoms with Gasteiger partial charge >= 0.3 is 0 Å². The van der Waals surface area contributed by atoms with Gasteiger partial charge in [-0.15, -0.1) is 0 Å². The summed E-state index contributed by atoms with van der Waals surface area (Å²) >= 11 is 1.33. The van der Waals surface area contributed by atoms with E-state index in [1.165, 1.54) is 11.8 Å². The van der Waals surface area contributed by atoms with Crippen LogP contribution in [0.5, 0.6) is 0 Å². The highest BCUT2D eigenvalue weighted by Crippen LogP contribution is 2.28. The molecule has 1 saturated heterocycles. The number of ether oxygens (including phenoxy) is 2. The molecule has 1 aliphatic rings. The second-order valence-electron chi connectivity index (χ2n) is 6.18. The van der Waals surface area contributed by atoms with Crippen molar-refractivity contribution < 1.29 is 9.47 Å². The zero-order chi connectivity index (χ0) is 19.5. The molecular formula is C21H17N3O3S. The average Bonchev–Trinajstić information content (AvgIpc) is 3.28. The van der Waals surface area contributed by atoms with E-state index in [4.69, 9.17) is 9.47 Å². The lowest BCUT2D eigenvalue weighted by atomic mass is 10.0. The van der Waals surface area contributed by atoms with Crippen LogP contribution in [0.15, 0.2) is 58.5 Å². The molecular weight excluding hydrogens is 374 g/mol. The van der Waals surface area contributed by atoms with Crippen molar-refractivity contribution in [2.45, 2.75) is 11.4 Å². The van der Waals surface area contributed by atoms with Gasteiger partial charge in [-0.25, -0.2) is 4.98 Å². The van der Waals surface area contributed by atoms with Gasteiger partial charge in [0.1, 0.15) is 11.6 Å². The molecule has 0 atom stereocenters. The third kappa shape index (κ3) is 3.58. The van der Waals surface area contributed by atoms with Crippen LogP contribution in [0.3, 0.4) is 0 Å². The summed E-state index contributed by atoms with van der Waals surface area (Å²) in [7, 11) is 0. The summed E-state index contributed by atoms with van der Waals surface area (Å²) in [5.74, 6) is 0. The molecule has 0 bridgehead atoms. The van der Waals surface area contributed by atoms with E-state index < -0.39 is 5.56 Å². The smallest absolute Gasteiger partial charge is 0.270 e. The number of nitrogens with zero attached hydrogens (tertiary/aromatic N) is 2. The number of nitriles is 1. The largest absolute Gasteiger partial charge is 0.346 e. The molecule has 0 spiro atoms. The second-order valence-corrected chi connectivity index (χ2v) is 6.98. The fourth-order valence-corrected chi connectivity index (χ4v) is 3.44. The highest BCUT2D eigenvalue weighted by molar-refractivity contribution is 7.98. The Kier molecular flexibility index (Phi) is 5.26. The van der Waals surface area contributed by atoms with Gasteiger partial charge in [-0.2, -0.15) is 5.26 Å². The van der Waals surface area contributed by atoms with E-state index in [1.807, 2.05) is 60.9 Å². The van der Waals surface area contributed by atoms with Gasteiger partial charge in [-0.3, -0.25) is 4.79 Å². The molecule has 1 fully saturated rings. The highest BCUT2D eigenvalue weighted by Gasteiger charge is 2.18. The van der Waals surface area contributed by atoms with Crippen LogP contribution >= 0.6 is 11.8 Å². The Morgan fingerprint density at radius 2 is 1.61 bits per heavy atom. The van der Waals surface area contributed by atoms with E-state index in [0.717, 1.165) is 22.3 Å². The summed E-state index contributed by atoms with van der Waals surface area (Å²) in [4.78, 5) is 19.1. The Morgan fingerprint density at radius 1 is 1.04 bits per heavy atom. The quantitative estimate of drug-likeness (QED) is 0.538. The third-order valence-electron chi connectivity index (χ3n) is 4.50. The summed E-state index contributed by atoms with van der Waals surface area (Å²) in [5, 5.41) is 9.82. The van der Waals surface area contributed by atoms with Crippen LogP contribution in [-0.4, -0.2) is 29.4 Å². The molecule has 1 N–H and O–H groups in total. The van der Waals surface area contributed by atoms with E-state index in [2.05, 4.69) is 9.97 Å². The second kappa shape index (κ2) is 7.98. The minimum absolute atomic E-state index is 0.0199. The van der Waals surface area contributed by atoms with Crippen molar-refractivity contribution in [1.29, 1.82) is 5.26 Å². The maximum Gasteiger partial charge on any atom is 0.270 e. The number of thioether (sulfide) groups is 1. The molecule has 0 radical (unpaired) electrons. The average molecular weight is 391 g/mol. The van der Waals surface area contributed by atoms with E-state index in [-0.39, 0.29) is 11.9 Å². The van der Waals surface area contributed by atoms with Crippen molar-refractivity contribution in [3.05, 3.63) is 70.0 Å². The van der Waals surface area contributed by atoms with Crippen molar-refractivity contribution in [2.75, 3.05) is 19.5 Å². The summed E-state index contributed by atoms with van der Waals surface area (Å²) in [6.07, 6.45) is 1.54.